The molecule has 2 unspecified atom stereocenters. The van der Waals surface area contributed by atoms with E-state index < -0.39 is 11.5 Å². The fraction of sp³-hybridized carbons (Fsp3) is 0.364. The Hall–Kier alpha value is -1.06. The fourth-order valence-corrected chi connectivity index (χ4v) is 1.34. The maximum atomic E-state index is 11.0. The van der Waals surface area contributed by atoms with Crippen molar-refractivity contribution >= 4 is 17.4 Å². The van der Waals surface area contributed by atoms with Crippen molar-refractivity contribution in [1.29, 1.82) is 0 Å². The molecule has 0 heterocycles. The van der Waals surface area contributed by atoms with Crippen LogP contribution in [-0.2, 0) is 4.79 Å². The lowest BCUT2D eigenvalue weighted by molar-refractivity contribution is -0.118. The van der Waals surface area contributed by atoms with Crippen LogP contribution >= 0.6 is 11.6 Å². The lowest BCUT2D eigenvalue weighted by Gasteiger charge is -2.14. The summed E-state index contributed by atoms with van der Waals surface area (Å²) in [4.78, 5) is 11.0. The molecule has 0 fully saturated rings. The van der Waals surface area contributed by atoms with Crippen molar-refractivity contribution < 1.29 is 14.6 Å². The topological polar surface area (TPSA) is 46.5 Å². The van der Waals surface area contributed by atoms with Gasteiger partial charge in [0.25, 0.3) is 0 Å². The first-order chi connectivity index (χ1) is 7.06. The highest BCUT2D eigenvalue weighted by Crippen LogP contribution is 2.23. The second kappa shape index (κ2) is 5.14. The number of hydrogen-bond donors (Lipinski definition) is 1. The van der Waals surface area contributed by atoms with Crippen LogP contribution in [0.2, 0.25) is 0 Å². The van der Waals surface area contributed by atoms with Crippen molar-refractivity contribution in [3.05, 3.63) is 29.8 Å². The number of alkyl halides is 1. The van der Waals surface area contributed by atoms with Crippen LogP contribution in [0, 0.1) is 0 Å². The number of hydrogen-bond acceptors (Lipinski definition) is 3. The van der Waals surface area contributed by atoms with Gasteiger partial charge in [0.05, 0.1) is 7.11 Å². The molecule has 82 valence electrons. The van der Waals surface area contributed by atoms with E-state index in [-0.39, 0.29) is 5.78 Å². The molecule has 1 aromatic rings. The zero-order chi connectivity index (χ0) is 11.4. The Labute approximate surface area is 93.6 Å². The third-order valence-corrected chi connectivity index (χ3v) is 2.67. The number of aliphatic hydroxyl groups excluding tert-OH is 1. The summed E-state index contributed by atoms with van der Waals surface area (Å²) in [6.45, 7) is 1.35. The summed E-state index contributed by atoms with van der Waals surface area (Å²) in [5.74, 6) is 0.444. The van der Waals surface area contributed by atoms with E-state index >= 15 is 0 Å². The molecule has 0 amide bonds. The first-order valence-corrected chi connectivity index (χ1v) is 4.96. The van der Waals surface area contributed by atoms with Gasteiger partial charge in [0, 0.05) is 0 Å². The standard InChI is InChI=1S/C11H13ClO3/c1-7(13)10(12)11(14)8-3-5-9(15-2)6-4-8/h3-6,10-11,14H,1-2H3. The van der Waals surface area contributed by atoms with Gasteiger partial charge in [0.2, 0.25) is 0 Å². The first kappa shape index (κ1) is 12.0. The maximum absolute atomic E-state index is 11.0. The Balaban J connectivity index is 2.82. The number of benzene rings is 1. The normalized spacial score (nSPS) is 14.4. The second-order valence-corrected chi connectivity index (χ2v) is 3.70. The van der Waals surface area contributed by atoms with Crippen LogP contribution in [0.25, 0.3) is 0 Å². The number of halogens is 1. The van der Waals surface area contributed by atoms with E-state index in [1.54, 1.807) is 31.4 Å². The predicted molar refractivity (Wildman–Crippen MR) is 58.3 cm³/mol. The van der Waals surface area contributed by atoms with Gasteiger partial charge in [-0.1, -0.05) is 12.1 Å². The Morgan fingerprint density at radius 2 is 1.93 bits per heavy atom. The van der Waals surface area contributed by atoms with E-state index in [9.17, 15) is 9.90 Å². The second-order valence-electron chi connectivity index (χ2n) is 3.23. The molecular weight excluding hydrogens is 216 g/mol. The smallest absolute Gasteiger partial charge is 0.150 e. The van der Waals surface area contributed by atoms with Gasteiger partial charge in [-0.2, -0.15) is 0 Å². The number of ether oxygens (including phenoxy) is 1. The highest BCUT2D eigenvalue weighted by atomic mass is 35.5. The van der Waals surface area contributed by atoms with Crippen LogP contribution in [0.3, 0.4) is 0 Å². The van der Waals surface area contributed by atoms with Crippen molar-refractivity contribution in [2.75, 3.05) is 7.11 Å². The molecule has 0 radical (unpaired) electrons. The van der Waals surface area contributed by atoms with Gasteiger partial charge in [0.1, 0.15) is 17.2 Å². The molecule has 0 saturated carbocycles. The summed E-state index contributed by atoms with van der Waals surface area (Å²) in [6.07, 6.45) is -0.977. The molecule has 2 atom stereocenters. The SMILES string of the molecule is COc1ccc(C(O)C(Cl)C(C)=O)cc1. The molecule has 0 saturated heterocycles. The van der Waals surface area contributed by atoms with Gasteiger partial charge in [-0.05, 0) is 24.6 Å². The number of aliphatic hydroxyl groups is 1. The average molecular weight is 229 g/mol. The number of carbonyl (C=O) groups is 1. The van der Waals surface area contributed by atoms with E-state index in [0.717, 1.165) is 0 Å². The predicted octanol–water partition coefficient (Wildman–Crippen LogP) is 1.93. The summed E-state index contributed by atoms with van der Waals surface area (Å²) in [5, 5.41) is 8.83. The van der Waals surface area contributed by atoms with Gasteiger partial charge in [-0.3, -0.25) is 4.79 Å². The van der Waals surface area contributed by atoms with Gasteiger partial charge >= 0.3 is 0 Å². The number of ketones is 1. The largest absolute Gasteiger partial charge is 0.497 e. The molecule has 1 aromatic carbocycles. The molecule has 1 rings (SSSR count). The van der Waals surface area contributed by atoms with Crippen molar-refractivity contribution in [3.63, 3.8) is 0 Å². The van der Waals surface area contributed by atoms with Crippen LogP contribution in [-0.4, -0.2) is 23.4 Å². The third kappa shape index (κ3) is 2.94. The molecule has 0 aromatic heterocycles. The first-order valence-electron chi connectivity index (χ1n) is 4.52. The summed E-state index contributed by atoms with van der Waals surface area (Å²) < 4.78 is 4.98. The lowest BCUT2D eigenvalue weighted by atomic mass is 10.0. The Bertz CT molecular complexity index is 334. The summed E-state index contributed by atoms with van der Waals surface area (Å²) in [7, 11) is 1.56. The molecule has 0 aliphatic carbocycles. The zero-order valence-electron chi connectivity index (χ0n) is 8.61. The molecule has 3 nitrogen and oxygen atoms in total. The molecule has 0 aliphatic rings. The van der Waals surface area contributed by atoms with Crippen LogP contribution in [0.1, 0.15) is 18.6 Å². The molecule has 0 aliphatic heterocycles. The minimum atomic E-state index is -0.977. The highest BCUT2D eigenvalue weighted by molar-refractivity contribution is 6.31. The Morgan fingerprint density at radius 1 is 1.40 bits per heavy atom. The van der Waals surface area contributed by atoms with E-state index in [1.807, 2.05) is 0 Å². The molecule has 0 spiro atoms. The molecule has 1 N–H and O–H groups in total. The average Bonchev–Trinajstić information content (AvgIpc) is 2.27. The van der Waals surface area contributed by atoms with Gasteiger partial charge in [0.15, 0.2) is 5.78 Å². The lowest BCUT2D eigenvalue weighted by Crippen LogP contribution is -2.20. The van der Waals surface area contributed by atoms with Crippen LogP contribution in [0.15, 0.2) is 24.3 Å². The quantitative estimate of drug-likeness (QED) is 0.801. The van der Waals surface area contributed by atoms with E-state index in [4.69, 9.17) is 16.3 Å². The Kier molecular flexibility index (Phi) is 4.12. The number of carbonyl (C=O) groups excluding carboxylic acids is 1. The van der Waals surface area contributed by atoms with Crippen LogP contribution < -0.4 is 4.74 Å². The molecule has 4 heteroatoms. The summed E-state index contributed by atoms with van der Waals surface area (Å²) in [6, 6.07) is 6.79. The van der Waals surface area contributed by atoms with Crippen molar-refractivity contribution in [1.82, 2.24) is 0 Å². The number of methoxy groups -OCH3 is 1. The molecular formula is C11H13ClO3. The van der Waals surface area contributed by atoms with Crippen molar-refractivity contribution in [2.24, 2.45) is 0 Å². The fourth-order valence-electron chi connectivity index (χ4n) is 1.19. The highest BCUT2D eigenvalue weighted by Gasteiger charge is 2.22. The van der Waals surface area contributed by atoms with E-state index in [2.05, 4.69) is 0 Å². The minimum Gasteiger partial charge on any atom is -0.497 e. The van der Waals surface area contributed by atoms with Gasteiger partial charge < -0.3 is 9.84 Å². The third-order valence-electron chi connectivity index (χ3n) is 2.12. The molecule has 0 bridgehead atoms. The van der Waals surface area contributed by atoms with Gasteiger partial charge in [-0.15, -0.1) is 11.6 Å². The number of rotatable bonds is 4. The Morgan fingerprint density at radius 3 is 2.33 bits per heavy atom. The zero-order valence-corrected chi connectivity index (χ0v) is 9.36. The monoisotopic (exact) mass is 228 g/mol. The summed E-state index contributed by atoms with van der Waals surface area (Å²) >= 11 is 5.74. The van der Waals surface area contributed by atoms with Crippen LogP contribution in [0.5, 0.6) is 5.75 Å². The summed E-state index contributed by atoms with van der Waals surface area (Å²) in [5.41, 5.74) is 0.603. The van der Waals surface area contributed by atoms with Crippen molar-refractivity contribution in [3.8, 4) is 5.75 Å². The molecule has 15 heavy (non-hydrogen) atoms. The van der Waals surface area contributed by atoms with Crippen LogP contribution in [0.4, 0.5) is 0 Å². The maximum Gasteiger partial charge on any atom is 0.150 e. The van der Waals surface area contributed by atoms with Crippen molar-refractivity contribution in [2.45, 2.75) is 18.4 Å². The van der Waals surface area contributed by atoms with E-state index in [1.165, 1.54) is 6.92 Å². The van der Waals surface area contributed by atoms with E-state index in [0.29, 0.717) is 11.3 Å². The minimum absolute atomic E-state index is 0.250. The van der Waals surface area contributed by atoms with Gasteiger partial charge in [-0.25, -0.2) is 0 Å². The number of Topliss-reactive ketones (excluding diaryl/α,β-unsaturated/α-hetero) is 1.